The Labute approximate surface area is 164 Å². The lowest BCUT2D eigenvalue weighted by Crippen LogP contribution is -2.35. The highest BCUT2D eigenvalue weighted by Gasteiger charge is 2.15. The summed E-state index contributed by atoms with van der Waals surface area (Å²) in [6.45, 7) is 10.8. The summed E-state index contributed by atoms with van der Waals surface area (Å²) in [6.07, 6.45) is 3.48. The standard InChI is InChI=1S/C22H36N2O3/c1-4-23(5-2)17-10-11-18-24(19-16-22(26)27-6-3)21(25)15-14-20-12-8-7-9-13-20/h7-9,12-13H,4-6,10-11,14-19H2,1-3H3. The first-order valence-corrected chi connectivity index (χ1v) is 10.3. The van der Waals surface area contributed by atoms with Gasteiger partial charge in [0.25, 0.3) is 0 Å². The molecule has 0 aliphatic rings. The van der Waals surface area contributed by atoms with Gasteiger partial charge in [0, 0.05) is 19.5 Å². The molecule has 0 spiro atoms. The van der Waals surface area contributed by atoms with Crippen LogP contribution in [-0.2, 0) is 20.7 Å². The fourth-order valence-electron chi connectivity index (χ4n) is 3.05. The van der Waals surface area contributed by atoms with Crippen LogP contribution in [0.15, 0.2) is 30.3 Å². The minimum absolute atomic E-state index is 0.117. The van der Waals surface area contributed by atoms with Gasteiger partial charge in [0.15, 0.2) is 0 Å². The van der Waals surface area contributed by atoms with Gasteiger partial charge in [-0.1, -0.05) is 44.2 Å². The third-order valence-corrected chi connectivity index (χ3v) is 4.76. The minimum Gasteiger partial charge on any atom is -0.466 e. The molecule has 0 heterocycles. The summed E-state index contributed by atoms with van der Waals surface area (Å²) >= 11 is 0. The van der Waals surface area contributed by atoms with E-state index < -0.39 is 0 Å². The van der Waals surface area contributed by atoms with E-state index in [1.165, 1.54) is 0 Å². The fourth-order valence-corrected chi connectivity index (χ4v) is 3.05. The quantitative estimate of drug-likeness (QED) is 0.368. The summed E-state index contributed by atoms with van der Waals surface area (Å²) in [5, 5.41) is 0. The summed E-state index contributed by atoms with van der Waals surface area (Å²) in [6, 6.07) is 10.0. The summed E-state index contributed by atoms with van der Waals surface area (Å²) < 4.78 is 5.00. The molecule has 5 heteroatoms. The molecule has 0 aromatic heterocycles. The molecule has 0 saturated heterocycles. The van der Waals surface area contributed by atoms with E-state index in [0.29, 0.717) is 26.1 Å². The van der Waals surface area contributed by atoms with E-state index in [4.69, 9.17) is 4.74 Å². The van der Waals surface area contributed by atoms with Crippen molar-refractivity contribution in [3.8, 4) is 0 Å². The molecule has 0 fully saturated rings. The Balaban J connectivity index is 2.49. The predicted octanol–water partition coefficient (Wildman–Crippen LogP) is 3.52. The highest BCUT2D eigenvalue weighted by molar-refractivity contribution is 5.77. The fraction of sp³-hybridized carbons (Fsp3) is 0.636. The Morgan fingerprint density at radius 1 is 0.889 bits per heavy atom. The van der Waals surface area contributed by atoms with Gasteiger partial charge in [-0.05, 0) is 51.4 Å². The third kappa shape index (κ3) is 10.1. The summed E-state index contributed by atoms with van der Waals surface area (Å²) in [5.74, 6) is -0.118. The first kappa shape index (κ1) is 23.2. The zero-order valence-electron chi connectivity index (χ0n) is 17.3. The maximum Gasteiger partial charge on any atom is 0.307 e. The summed E-state index contributed by atoms with van der Waals surface area (Å²) in [7, 11) is 0. The molecule has 0 atom stereocenters. The Bertz CT molecular complexity index is 530. The molecule has 1 aromatic carbocycles. The van der Waals surface area contributed by atoms with E-state index in [0.717, 1.165) is 44.5 Å². The number of rotatable bonds is 14. The van der Waals surface area contributed by atoms with E-state index in [2.05, 4.69) is 18.7 Å². The van der Waals surface area contributed by atoms with Crippen LogP contribution < -0.4 is 0 Å². The highest BCUT2D eigenvalue weighted by Crippen LogP contribution is 2.07. The molecule has 27 heavy (non-hydrogen) atoms. The number of aryl methyl sites for hydroxylation is 1. The van der Waals surface area contributed by atoms with Crippen LogP contribution in [0, 0.1) is 0 Å². The van der Waals surface area contributed by atoms with E-state index in [1.807, 2.05) is 35.2 Å². The van der Waals surface area contributed by atoms with Crippen LogP contribution in [0.5, 0.6) is 0 Å². The van der Waals surface area contributed by atoms with Crippen LogP contribution in [0.4, 0.5) is 0 Å². The number of unbranched alkanes of at least 4 members (excludes halogenated alkanes) is 1. The van der Waals surface area contributed by atoms with Gasteiger partial charge >= 0.3 is 5.97 Å². The number of carbonyl (C=O) groups is 2. The molecular formula is C22H36N2O3. The van der Waals surface area contributed by atoms with Crippen molar-refractivity contribution in [3.63, 3.8) is 0 Å². The highest BCUT2D eigenvalue weighted by atomic mass is 16.5. The lowest BCUT2D eigenvalue weighted by atomic mass is 10.1. The SMILES string of the molecule is CCOC(=O)CCN(CCCCN(CC)CC)C(=O)CCc1ccccc1. The van der Waals surface area contributed by atoms with Crippen LogP contribution in [0.3, 0.4) is 0 Å². The molecule has 5 nitrogen and oxygen atoms in total. The van der Waals surface area contributed by atoms with Crippen LogP contribution in [-0.4, -0.2) is 61.0 Å². The van der Waals surface area contributed by atoms with Crippen molar-refractivity contribution < 1.29 is 14.3 Å². The number of esters is 1. The molecule has 0 aliphatic heterocycles. The van der Waals surface area contributed by atoms with E-state index in [9.17, 15) is 9.59 Å². The normalized spacial score (nSPS) is 10.8. The monoisotopic (exact) mass is 376 g/mol. The van der Waals surface area contributed by atoms with Crippen molar-refractivity contribution in [2.75, 3.05) is 39.3 Å². The number of ether oxygens (including phenoxy) is 1. The topological polar surface area (TPSA) is 49.9 Å². The number of amides is 1. The number of hydrogen-bond donors (Lipinski definition) is 0. The Kier molecular flexibility index (Phi) is 12.2. The first-order valence-electron chi connectivity index (χ1n) is 10.3. The van der Waals surface area contributed by atoms with Gasteiger partial charge in [-0.15, -0.1) is 0 Å². The van der Waals surface area contributed by atoms with Crippen molar-refractivity contribution in [2.45, 2.75) is 52.9 Å². The Morgan fingerprint density at radius 3 is 2.19 bits per heavy atom. The van der Waals surface area contributed by atoms with Crippen LogP contribution in [0.1, 0.15) is 52.0 Å². The van der Waals surface area contributed by atoms with Gasteiger partial charge in [0.05, 0.1) is 13.0 Å². The molecule has 0 aliphatic carbocycles. The first-order chi connectivity index (χ1) is 13.1. The van der Waals surface area contributed by atoms with Crippen molar-refractivity contribution in [2.24, 2.45) is 0 Å². The average Bonchev–Trinajstić information content (AvgIpc) is 2.69. The van der Waals surface area contributed by atoms with Gasteiger partial charge < -0.3 is 14.5 Å². The molecule has 0 N–H and O–H groups in total. The van der Waals surface area contributed by atoms with Crippen molar-refractivity contribution in [3.05, 3.63) is 35.9 Å². The second-order valence-electron chi connectivity index (χ2n) is 6.66. The smallest absolute Gasteiger partial charge is 0.307 e. The van der Waals surface area contributed by atoms with E-state index in [1.54, 1.807) is 6.92 Å². The molecular weight excluding hydrogens is 340 g/mol. The van der Waals surface area contributed by atoms with E-state index >= 15 is 0 Å². The molecule has 0 unspecified atom stereocenters. The molecule has 0 radical (unpaired) electrons. The third-order valence-electron chi connectivity index (χ3n) is 4.76. The zero-order chi connectivity index (χ0) is 19.9. The van der Waals surface area contributed by atoms with Crippen LogP contribution in [0.2, 0.25) is 0 Å². The van der Waals surface area contributed by atoms with Gasteiger partial charge in [0.1, 0.15) is 0 Å². The number of nitrogens with zero attached hydrogens (tertiary/aromatic N) is 2. The van der Waals surface area contributed by atoms with E-state index in [-0.39, 0.29) is 18.3 Å². The lowest BCUT2D eigenvalue weighted by molar-refractivity contribution is -0.144. The second-order valence-corrected chi connectivity index (χ2v) is 6.66. The predicted molar refractivity (Wildman–Crippen MR) is 110 cm³/mol. The number of carbonyl (C=O) groups excluding carboxylic acids is 2. The summed E-state index contributed by atoms with van der Waals surface area (Å²) in [4.78, 5) is 28.6. The Morgan fingerprint density at radius 2 is 1.56 bits per heavy atom. The maximum absolute atomic E-state index is 12.7. The molecule has 1 rings (SSSR count). The second kappa shape index (κ2) is 14.2. The molecule has 152 valence electrons. The lowest BCUT2D eigenvalue weighted by Gasteiger charge is -2.24. The van der Waals surface area contributed by atoms with Crippen molar-refractivity contribution >= 4 is 11.9 Å². The maximum atomic E-state index is 12.7. The largest absolute Gasteiger partial charge is 0.466 e. The van der Waals surface area contributed by atoms with Crippen molar-refractivity contribution in [1.29, 1.82) is 0 Å². The molecule has 0 bridgehead atoms. The van der Waals surface area contributed by atoms with Gasteiger partial charge in [0.2, 0.25) is 5.91 Å². The van der Waals surface area contributed by atoms with Gasteiger partial charge in [-0.3, -0.25) is 9.59 Å². The van der Waals surface area contributed by atoms with Gasteiger partial charge in [-0.25, -0.2) is 0 Å². The van der Waals surface area contributed by atoms with Crippen molar-refractivity contribution in [1.82, 2.24) is 9.80 Å². The number of hydrogen-bond acceptors (Lipinski definition) is 4. The number of benzene rings is 1. The van der Waals surface area contributed by atoms with Crippen LogP contribution >= 0.6 is 0 Å². The Hall–Kier alpha value is -1.88. The average molecular weight is 377 g/mol. The minimum atomic E-state index is -0.235. The molecule has 1 amide bonds. The van der Waals surface area contributed by atoms with Gasteiger partial charge in [-0.2, -0.15) is 0 Å². The molecule has 0 saturated carbocycles. The molecule has 1 aromatic rings. The summed E-state index contributed by atoms with van der Waals surface area (Å²) in [5.41, 5.74) is 1.16. The zero-order valence-corrected chi connectivity index (χ0v) is 17.3. The van der Waals surface area contributed by atoms with Crippen LogP contribution in [0.25, 0.3) is 0 Å².